The fourth-order valence-corrected chi connectivity index (χ4v) is 3.12. The molecular formula is C20H27N7. The Kier molecular flexibility index (Phi) is 6.01. The average Bonchev–Trinajstić information content (AvgIpc) is 3.35. The third kappa shape index (κ3) is 3.92. The van der Waals surface area contributed by atoms with E-state index < -0.39 is 0 Å². The first kappa shape index (κ1) is 18.8. The molecule has 0 fully saturated rings. The predicted octanol–water partition coefficient (Wildman–Crippen LogP) is 3.94. The van der Waals surface area contributed by atoms with Crippen LogP contribution in [0.2, 0.25) is 0 Å². The van der Waals surface area contributed by atoms with Gasteiger partial charge in [0.2, 0.25) is 0 Å². The van der Waals surface area contributed by atoms with Crippen LogP contribution in [-0.4, -0.2) is 37.1 Å². The number of hydrogen-bond acceptors (Lipinski definition) is 5. The summed E-state index contributed by atoms with van der Waals surface area (Å²) in [5, 5.41) is 19.9. The van der Waals surface area contributed by atoms with Crippen molar-refractivity contribution in [1.82, 2.24) is 29.7 Å². The fourth-order valence-electron chi connectivity index (χ4n) is 3.12. The predicted molar refractivity (Wildman–Crippen MR) is 109 cm³/mol. The summed E-state index contributed by atoms with van der Waals surface area (Å²) < 4.78 is 3.83. The first-order chi connectivity index (χ1) is 13.2. The molecular weight excluding hydrogens is 338 g/mol. The molecule has 2 N–H and O–H groups in total. The Balaban J connectivity index is 2.06. The number of fused-ring (bicyclic) bond motifs is 1. The number of rotatable bonds is 9. The van der Waals surface area contributed by atoms with E-state index in [1.165, 1.54) is 6.21 Å². The molecule has 7 heteroatoms. The van der Waals surface area contributed by atoms with Crippen LogP contribution in [0.25, 0.3) is 22.3 Å². The van der Waals surface area contributed by atoms with Gasteiger partial charge in [0.05, 0.1) is 41.5 Å². The second-order valence-corrected chi connectivity index (χ2v) is 6.51. The zero-order chi connectivity index (χ0) is 19.2. The van der Waals surface area contributed by atoms with Crippen molar-refractivity contribution in [1.29, 1.82) is 5.41 Å². The average molecular weight is 365 g/mol. The van der Waals surface area contributed by atoms with E-state index in [4.69, 9.17) is 10.4 Å². The van der Waals surface area contributed by atoms with E-state index in [9.17, 15) is 0 Å². The van der Waals surface area contributed by atoms with Gasteiger partial charge in [0.1, 0.15) is 0 Å². The molecule has 0 atom stereocenters. The fraction of sp³-hybridized carbons (Fsp3) is 0.400. The lowest BCUT2D eigenvalue weighted by atomic mass is 10.1. The van der Waals surface area contributed by atoms with Crippen LogP contribution in [0.5, 0.6) is 0 Å². The van der Waals surface area contributed by atoms with E-state index in [1.54, 1.807) is 6.20 Å². The third-order valence-corrected chi connectivity index (χ3v) is 4.68. The lowest BCUT2D eigenvalue weighted by Gasteiger charge is -2.12. The Morgan fingerprint density at radius 2 is 2.04 bits per heavy atom. The monoisotopic (exact) mass is 365 g/mol. The summed E-state index contributed by atoms with van der Waals surface area (Å²) in [7, 11) is 0. The maximum absolute atomic E-state index is 7.77. The van der Waals surface area contributed by atoms with Crippen LogP contribution in [0.1, 0.15) is 51.8 Å². The first-order valence-corrected chi connectivity index (χ1v) is 9.55. The summed E-state index contributed by atoms with van der Waals surface area (Å²) >= 11 is 0. The summed E-state index contributed by atoms with van der Waals surface area (Å²) in [5.41, 5.74) is 4.13. The number of hydrogen-bond donors (Lipinski definition) is 2. The van der Waals surface area contributed by atoms with Gasteiger partial charge in [0, 0.05) is 36.3 Å². The zero-order valence-corrected chi connectivity index (χ0v) is 16.2. The molecule has 0 radical (unpaired) electrons. The summed E-state index contributed by atoms with van der Waals surface area (Å²) in [4.78, 5) is 4.84. The zero-order valence-electron chi connectivity index (χ0n) is 16.2. The van der Waals surface area contributed by atoms with Gasteiger partial charge in [-0.1, -0.05) is 20.8 Å². The van der Waals surface area contributed by atoms with Crippen molar-refractivity contribution in [2.75, 3.05) is 6.54 Å². The molecule has 3 aromatic heterocycles. The van der Waals surface area contributed by atoms with Crippen molar-refractivity contribution in [2.24, 2.45) is 0 Å². The van der Waals surface area contributed by atoms with Gasteiger partial charge in [-0.15, -0.1) is 0 Å². The smallest absolute Gasteiger partial charge is 0.0999 e. The molecule has 3 aromatic rings. The molecule has 0 aliphatic carbocycles. The number of nitrogens with one attached hydrogen (secondary N) is 2. The maximum atomic E-state index is 7.77. The Morgan fingerprint density at radius 1 is 1.22 bits per heavy atom. The van der Waals surface area contributed by atoms with Crippen LogP contribution in [0.4, 0.5) is 0 Å². The number of allylic oxidation sites excluding steroid dienone is 1. The van der Waals surface area contributed by atoms with E-state index in [2.05, 4.69) is 42.5 Å². The molecule has 142 valence electrons. The summed E-state index contributed by atoms with van der Waals surface area (Å²) in [6.07, 6.45) is 13.8. The van der Waals surface area contributed by atoms with E-state index >= 15 is 0 Å². The summed E-state index contributed by atoms with van der Waals surface area (Å²) in [5.74, 6) is 0. The molecule has 27 heavy (non-hydrogen) atoms. The molecule has 3 heterocycles. The van der Waals surface area contributed by atoms with Crippen LogP contribution >= 0.6 is 0 Å². The van der Waals surface area contributed by atoms with Gasteiger partial charge >= 0.3 is 0 Å². The van der Waals surface area contributed by atoms with Crippen LogP contribution in [0.15, 0.2) is 37.1 Å². The number of aromatic nitrogens is 5. The van der Waals surface area contributed by atoms with Crippen molar-refractivity contribution in [3.63, 3.8) is 0 Å². The normalized spacial score (nSPS) is 12.1. The standard InChI is InChI=1S/C20H27N7/c1-4-8-22-11-15(10-21)18-14-27-19(7-9-23-27)20(25-18)16-12-24-26(13-16)17(5-2)6-3/h7,9-14,17,21-22H,4-6,8H2,1-3H3/b15-11+,21-10?. The third-order valence-electron chi connectivity index (χ3n) is 4.68. The maximum Gasteiger partial charge on any atom is 0.0999 e. The van der Waals surface area contributed by atoms with Crippen molar-refractivity contribution >= 4 is 17.3 Å². The first-order valence-electron chi connectivity index (χ1n) is 9.55. The van der Waals surface area contributed by atoms with Crippen molar-refractivity contribution in [3.05, 3.63) is 42.7 Å². The second-order valence-electron chi connectivity index (χ2n) is 6.51. The second kappa shape index (κ2) is 8.62. The van der Waals surface area contributed by atoms with Gasteiger partial charge in [-0.2, -0.15) is 10.2 Å². The highest BCUT2D eigenvalue weighted by molar-refractivity contribution is 6.07. The topological polar surface area (TPSA) is 83.9 Å². The summed E-state index contributed by atoms with van der Waals surface area (Å²) in [6, 6.07) is 2.34. The quantitative estimate of drug-likeness (QED) is 0.444. The largest absolute Gasteiger partial charge is 0.390 e. The van der Waals surface area contributed by atoms with Crippen LogP contribution in [-0.2, 0) is 0 Å². The molecule has 0 spiro atoms. The van der Waals surface area contributed by atoms with E-state index in [0.29, 0.717) is 11.7 Å². The highest BCUT2D eigenvalue weighted by Gasteiger charge is 2.15. The molecule has 0 unspecified atom stereocenters. The Labute approximate surface area is 159 Å². The van der Waals surface area contributed by atoms with Crippen molar-refractivity contribution < 1.29 is 0 Å². The lowest BCUT2D eigenvalue weighted by Crippen LogP contribution is -2.08. The SMILES string of the molecule is CCCN/C=C(\C=N)c1cn2nccc2c(-c2cnn(C(CC)CC)c2)n1. The van der Waals surface area contributed by atoms with Gasteiger partial charge in [-0.3, -0.25) is 4.68 Å². The van der Waals surface area contributed by atoms with E-state index in [-0.39, 0.29) is 0 Å². The van der Waals surface area contributed by atoms with Gasteiger partial charge in [0.15, 0.2) is 0 Å². The Bertz CT molecular complexity index is 931. The van der Waals surface area contributed by atoms with Gasteiger partial charge < -0.3 is 10.7 Å². The molecule has 7 nitrogen and oxygen atoms in total. The van der Waals surface area contributed by atoms with Gasteiger partial charge in [-0.05, 0) is 25.3 Å². The summed E-state index contributed by atoms with van der Waals surface area (Å²) in [6.45, 7) is 7.31. The number of nitrogens with zero attached hydrogens (tertiary/aromatic N) is 5. The van der Waals surface area contributed by atoms with Crippen molar-refractivity contribution in [2.45, 2.75) is 46.1 Å². The molecule has 0 aliphatic rings. The molecule has 0 saturated carbocycles. The van der Waals surface area contributed by atoms with Crippen LogP contribution in [0, 0.1) is 5.41 Å². The minimum Gasteiger partial charge on any atom is -0.390 e. The van der Waals surface area contributed by atoms with Gasteiger partial charge in [0.25, 0.3) is 0 Å². The highest BCUT2D eigenvalue weighted by atomic mass is 15.3. The lowest BCUT2D eigenvalue weighted by molar-refractivity contribution is 0.428. The van der Waals surface area contributed by atoms with Crippen LogP contribution < -0.4 is 5.32 Å². The molecule has 3 rings (SSSR count). The molecule has 0 bridgehead atoms. The Morgan fingerprint density at radius 3 is 2.74 bits per heavy atom. The van der Waals surface area contributed by atoms with Gasteiger partial charge in [-0.25, -0.2) is 9.50 Å². The van der Waals surface area contributed by atoms with Crippen LogP contribution in [0.3, 0.4) is 0 Å². The Hall–Kier alpha value is -2.96. The molecule has 0 aliphatic heterocycles. The minimum atomic E-state index is 0.387. The highest BCUT2D eigenvalue weighted by Crippen LogP contribution is 2.26. The van der Waals surface area contributed by atoms with Crippen molar-refractivity contribution in [3.8, 4) is 11.3 Å². The minimum absolute atomic E-state index is 0.387. The van der Waals surface area contributed by atoms with E-state index in [0.717, 1.165) is 48.2 Å². The molecule has 0 aromatic carbocycles. The molecule has 0 saturated heterocycles. The molecule has 0 amide bonds. The van der Waals surface area contributed by atoms with E-state index in [1.807, 2.05) is 33.9 Å².